The van der Waals surface area contributed by atoms with Crippen LogP contribution in [0, 0.1) is 6.92 Å². The lowest BCUT2D eigenvalue weighted by molar-refractivity contribution is -0.139. The monoisotopic (exact) mass is 376 g/mol. The minimum absolute atomic E-state index is 0.209. The second-order valence-corrected chi connectivity index (χ2v) is 7.91. The Morgan fingerprint density at radius 1 is 1.33 bits per heavy atom. The summed E-state index contributed by atoms with van der Waals surface area (Å²) in [5, 5.41) is 0. The Hall–Kier alpha value is -1.25. The summed E-state index contributed by atoms with van der Waals surface area (Å²) in [5.74, 6) is 0.598. The number of benzene rings is 1. The van der Waals surface area contributed by atoms with Crippen LogP contribution in [-0.4, -0.2) is 45.7 Å². The molecule has 0 aliphatic rings. The quantitative estimate of drug-likeness (QED) is 0.353. The lowest BCUT2D eigenvalue weighted by atomic mass is 10.2. The highest BCUT2D eigenvalue weighted by Crippen LogP contribution is 2.30. The summed E-state index contributed by atoms with van der Waals surface area (Å²) in [4.78, 5) is 12.3. The van der Waals surface area contributed by atoms with E-state index in [1.807, 2.05) is 25.1 Å². The van der Waals surface area contributed by atoms with E-state index in [-0.39, 0.29) is 11.7 Å². The van der Waals surface area contributed by atoms with Gasteiger partial charge in [0.05, 0.1) is 31.3 Å². The van der Waals surface area contributed by atoms with E-state index >= 15 is 0 Å². The average Bonchev–Trinajstić information content (AvgIpc) is 2.44. The van der Waals surface area contributed by atoms with Crippen LogP contribution in [0.4, 0.5) is 0 Å². The van der Waals surface area contributed by atoms with Gasteiger partial charge in [0.2, 0.25) is 0 Å². The van der Waals surface area contributed by atoms with Gasteiger partial charge in [-0.3, -0.25) is 8.98 Å². The van der Waals surface area contributed by atoms with Crippen LogP contribution >= 0.6 is 11.8 Å². The number of esters is 1. The van der Waals surface area contributed by atoms with Gasteiger partial charge in [0, 0.05) is 11.3 Å². The zero-order valence-corrected chi connectivity index (χ0v) is 16.0. The first-order valence-electron chi connectivity index (χ1n) is 7.61. The number of rotatable bonds is 10. The fourth-order valence-corrected chi connectivity index (χ4v) is 3.34. The summed E-state index contributed by atoms with van der Waals surface area (Å²) < 4.78 is 37.7. The van der Waals surface area contributed by atoms with Gasteiger partial charge >= 0.3 is 5.97 Å². The molecular formula is C16H24O6S2. The lowest BCUT2D eigenvalue weighted by Gasteiger charge is -2.14. The van der Waals surface area contributed by atoms with Crippen molar-refractivity contribution in [2.75, 3.05) is 25.2 Å². The summed E-state index contributed by atoms with van der Waals surface area (Å²) in [6.45, 7) is 6.06. The first-order valence-corrected chi connectivity index (χ1v) is 10.4. The van der Waals surface area contributed by atoms with Crippen molar-refractivity contribution in [3.8, 4) is 5.75 Å². The summed E-state index contributed by atoms with van der Waals surface area (Å²) >= 11 is 1.35. The molecule has 24 heavy (non-hydrogen) atoms. The maximum absolute atomic E-state index is 11.5. The molecule has 0 spiro atoms. The van der Waals surface area contributed by atoms with Gasteiger partial charge in [-0.05, 0) is 38.5 Å². The zero-order valence-electron chi connectivity index (χ0n) is 14.4. The fourth-order valence-electron chi connectivity index (χ4n) is 1.87. The summed E-state index contributed by atoms with van der Waals surface area (Å²) in [6, 6.07) is 5.72. The largest absolute Gasteiger partial charge is 0.492 e. The third-order valence-electron chi connectivity index (χ3n) is 2.87. The molecule has 1 aromatic carbocycles. The van der Waals surface area contributed by atoms with Crippen molar-refractivity contribution >= 4 is 27.8 Å². The molecular weight excluding hydrogens is 352 g/mol. The maximum atomic E-state index is 11.5. The van der Waals surface area contributed by atoms with Crippen molar-refractivity contribution in [2.45, 2.75) is 38.2 Å². The number of carbonyl (C=O) groups is 1. The Morgan fingerprint density at radius 2 is 2.04 bits per heavy atom. The number of aryl methyl sites for hydroxylation is 1. The molecule has 0 fully saturated rings. The minimum atomic E-state index is -3.47. The lowest BCUT2D eigenvalue weighted by Crippen LogP contribution is -2.17. The summed E-state index contributed by atoms with van der Waals surface area (Å²) in [6.07, 6.45) is 0.998. The number of carbonyl (C=O) groups excluding carboxylic acids is 1. The van der Waals surface area contributed by atoms with Crippen LogP contribution in [0.5, 0.6) is 5.75 Å². The normalized spacial score (nSPS) is 12.7. The molecule has 1 aromatic rings. The average molecular weight is 376 g/mol. The first kappa shape index (κ1) is 20.8. The molecule has 0 bridgehead atoms. The molecule has 0 saturated carbocycles. The molecule has 136 valence electrons. The third kappa shape index (κ3) is 8.56. The van der Waals surface area contributed by atoms with Gasteiger partial charge in [-0.25, -0.2) is 0 Å². The van der Waals surface area contributed by atoms with Gasteiger partial charge < -0.3 is 9.47 Å². The molecule has 0 N–H and O–H groups in total. The van der Waals surface area contributed by atoms with Gasteiger partial charge in [0.15, 0.2) is 0 Å². The predicted molar refractivity (Wildman–Crippen MR) is 94.0 cm³/mol. The Morgan fingerprint density at radius 3 is 2.67 bits per heavy atom. The molecule has 1 atom stereocenters. The van der Waals surface area contributed by atoms with Gasteiger partial charge in [-0.15, -0.1) is 11.8 Å². The van der Waals surface area contributed by atoms with Crippen LogP contribution in [0.25, 0.3) is 0 Å². The second kappa shape index (κ2) is 9.90. The van der Waals surface area contributed by atoms with E-state index < -0.39 is 16.2 Å². The number of ether oxygens (including phenoxy) is 2. The Kier molecular flexibility index (Phi) is 8.58. The van der Waals surface area contributed by atoms with E-state index in [1.165, 1.54) is 11.8 Å². The van der Waals surface area contributed by atoms with E-state index in [2.05, 4.69) is 0 Å². The Labute approximate surface area is 148 Å². The predicted octanol–water partition coefficient (Wildman–Crippen LogP) is 2.78. The molecule has 0 heterocycles. The standard InChI is InChI=1S/C16H24O6S2/c1-5-20-16(17)11-23-15-7-6-12(2)10-14(15)21-9-8-13(3)22-24(4,18)19/h6-7,10,13H,5,8-9,11H2,1-4H3. The van der Waals surface area contributed by atoms with Crippen molar-refractivity contribution in [2.24, 2.45) is 0 Å². The van der Waals surface area contributed by atoms with Crippen LogP contribution < -0.4 is 4.74 Å². The molecule has 6 nitrogen and oxygen atoms in total. The van der Waals surface area contributed by atoms with Gasteiger partial charge in [0.1, 0.15) is 5.75 Å². The fraction of sp³-hybridized carbons (Fsp3) is 0.562. The Bertz CT molecular complexity index is 642. The number of hydrogen-bond donors (Lipinski definition) is 0. The van der Waals surface area contributed by atoms with Crippen LogP contribution in [0.3, 0.4) is 0 Å². The molecule has 0 aromatic heterocycles. The summed E-state index contributed by atoms with van der Waals surface area (Å²) in [5.41, 5.74) is 1.03. The van der Waals surface area contributed by atoms with Crippen molar-refractivity contribution in [1.82, 2.24) is 0 Å². The van der Waals surface area contributed by atoms with Crippen molar-refractivity contribution in [1.29, 1.82) is 0 Å². The van der Waals surface area contributed by atoms with E-state index in [1.54, 1.807) is 13.8 Å². The van der Waals surface area contributed by atoms with Gasteiger partial charge in [0.25, 0.3) is 10.1 Å². The van der Waals surface area contributed by atoms with Crippen LogP contribution in [0.15, 0.2) is 23.1 Å². The van der Waals surface area contributed by atoms with Crippen LogP contribution in [0.2, 0.25) is 0 Å². The zero-order chi connectivity index (χ0) is 18.2. The van der Waals surface area contributed by atoms with E-state index in [0.29, 0.717) is 25.4 Å². The van der Waals surface area contributed by atoms with Gasteiger partial charge in [-0.2, -0.15) is 8.42 Å². The first-order chi connectivity index (χ1) is 11.2. The maximum Gasteiger partial charge on any atom is 0.316 e. The molecule has 1 unspecified atom stereocenters. The van der Waals surface area contributed by atoms with Crippen molar-refractivity contribution < 1.29 is 26.9 Å². The molecule has 0 radical (unpaired) electrons. The topological polar surface area (TPSA) is 78.9 Å². The van der Waals surface area contributed by atoms with Crippen molar-refractivity contribution in [3.63, 3.8) is 0 Å². The number of hydrogen-bond acceptors (Lipinski definition) is 7. The number of thioether (sulfide) groups is 1. The van der Waals surface area contributed by atoms with Crippen molar-refractivity contribution in [3.05, 3.63) is 23.8 Å². The smallest absolute Gasteiger partial charge is 0.316 e. The Balaban J connectivity index is 2.59. The van der Waals surface area contributed by atoms with E-state index in [4.69, 9.17) is 13.7 Å². The summed E-state index contributed by atoms with van der Waals surface area (Å²) in [7, 11) is -3.47. The van der Waals surface area contributed by atoms with Gasteiger partial charge in [-0.1, -0.05) is 6.07 Å². The van der Waals surface area contributed by atoms with E-state index in [9.17, 15) is 13.2 Å². The highest BCUT2D eigenvalue weighted by atomic mass is 32.2. The molecule has 0 aliphatic carbocycles. The van der Waals surface area contributed by atoms with Crippen LogP contribution in [0.1, 0.15) is 25.8 Å². The molecule has 1 rings (SSSR count). The minimum Gasteiger partial charge on any atom is -0.492 e. The van der Waals surface area contributed by atoms with Crippen LogP contribution in [-0.2, 0) is 23.8 Å². The second-order valence-electron chi connectivity index (χ2n) is 5.29. The van der Waals surface area contributed by atoms with E-state index in [0.717, 1.165) is 16.7 Å². The highest BCUT2D eigenvalue weighted by Gasteiger charge is 2.12. The highest BCUT2D eigenvalue weighted by molar-refractivity contribution is 8.00. The third-order valence-corrected chi connectivity index (χ3v) is 4.58. The molecule has 8 heteroatoms. The SMILES string of the molecule is CCOC(=O)CSc1ccc(C)cc1OCCC(C)OS(C)(=O)=O. The molecule has 0 amide bonds. The molecule has 0 saturated heterocycles. The molecule has 0 aliphatic heterocycles.